The molecular weight excluding hydrogens is 534 g/mol. The van der Waals surface area contributed by atoms with Crippen LogP contribution in [-0.2, 0) is 26.2 Å². The summed E-state index contributed by atoms with van der Waals surface area (Å²) in [5.74, 6) is 0.754. The monoisotopic (exact) mass is 575 g/mol. The van der Waals surface area contributed by atoms with Crippen LogP contribution in [0, 0.1) is 12.8 Å². The maximum Gasteiger partial charge on any atom is 0.253 e. The van der Waals surface area contributed by atoms with E-state index in [4.69, 9.17) is 0 Å². The van der Waals surface area contributed by atoms with Crippen LogP contribution in [0.4, 0.5) is 5.69 Å². The minimum Gasteiger partial charge on any atom is -0.344 e. The highest BCUT2D eigenvalue weighted by molar-refractivity contribution is 7.92. The number of aryl methyl sites for hydroxylation is 1. The standard InChI is InChI=1S/C27H41N7O5S/c1-18(2)17-23-25-28-20(4)30-34(25)16-15-33(14-8-9-24(35)31(5)19(3)26(36)29-23)27(37)21-10-12-22(13-11-21)32(6)40(7,38)39/h10-13,18-19,23H,8-9,14-17H2,1-7H3,(H,29,36)/t19-,23+/m0/s1. The zero-order valence-corrected chi connectivity index (χ0v) is 25.2. The van der Waals surface area contributed by atoms with Crippen LogP contribution in [0.2, 0.25) is 0 Å². The van der Waals surface area contributed by atoms with E-state index in [-0.39, 0.29) is 30.1 Å². The van der Waals surface area contributed by atoms with Crippen LogP contribution >= 0.6 is 0 Å². The molecule has 0 fully saturated rings. The van der Waals surface area contributed by atoms with Crippen LogP contribution in [-0.4, -0.2) is 90.2 Å². The molecule has 0 radical (unpaired) electrons. The summed E-state index contributed by atoms with van der Waals surface area (Å²) in [4.78, 5) is 47.3. The molecule has 1 aromatic carbocycles. The number of fused-ring (bicyclic) bond motifs is 1. The normalized spacial score (nSPS) is 19.7. The van der Waals surface area contributed by atoms with Crippen LogP contribution in [0.5, 0.6) is 0 Å². The molecule has 220 valence electrons. The Morgan fingerprint density at radius 1 is 1.15 bits per heavy atom. The van der Waals surface area contributed by atoms with Gasteiger partial charge in [0, 0.05) is 39.2 Å². The minimum atomic E-state index is -3.43. The number of aromatic nitrogens is 3. The van der Waals surface area contributed by atoms with Crippen molar-refractivity contribution in [1.82, 2.24) is 29.9 Å². The summed E-state index contributed by atoms with van der Waals surface area (Å²) in [6, 6.07) is 5.30. The van der Waals surface area contributed by atoms with Crippen molar-refractivity contribution in [3.63, 3.8) is 0 Å². The van der Waals surface area contributed by atoms with Gasteiger partial charge in [-0.1, -0.05) is 13.8 Å². The maximum absolute atomic E-state index is 13.6. The number of nitrogens with one attached hydrogen (secondary N) is 1. The lowest BCUT2D eigenvalue weighted by atomic mass is 10.0. The molecule has 2 atom stereocenters. The number of sulfonamides is 1. The van der Waals surface area contributed by atoms with Gasteiger partial charge in [-0.2, -0.15) is 5.10 Å². The average Bonchev–Trinajstić information content (AvgIpc) is 3.27. The van der Waals surface area contributed by atoms with Crippen molar-refractivity contribution in [1.29, 1.82) is 0 Å². The topological polar surface area (TPSA) is 138 Å². The van der Waals surface area contributed by atoms with Crippen molar-refractivity contribution >= 4 is 33.4 Å². The summed E-state index contributed by atoms with van der Waals surface area (Å²) in [5.41, 5.74) is 0.854. The van der Waals surface area contributed by atoms with Gasteiger partial charge in [0.15, 0.2) is 0 Å². The fraction of sp³-hybridized carbons (Fsp3) is 0.593. The van der Waals surface area contributed by atoms with Gasteiger partial charge in [-0.15, -0.1) is 0 Å². The Bertz CT molecular complexity index is 1320. The van der Waals surface area contributed by atoms with E-state index in [9.17, 15) is 22.8 Å². The molecule has 0 aliphatic carbocycles. The average molecular weight is 576 g/mol. The third-order valence-corrected chi connectivity index (χ3v) is 8.36. The van der Waals surface area contributed by atoms with Gasteiger partial charge in [-0.3, -0.25) is 18.7 Å². The fourth-order valence-electron chi connectivity index (χ4n) is 4.59. The Labute approximate surface area is 236 Å². The number of carbonyl (C=O) groups is 3. The lowest BCUT2D eigenvalue weighted by molar-refractivity contribution is -0.138. The van der Waals surface area contributed by atoms with Gasteiger partial charge in [0.05, 0.1) is 24.5 Å². The summed E-state index contributed by atoms with van der Waals surface area (Å²) in [6.07, 6.45) is 2.34. The lowest BCUT2D eigenvalue weighted by Crippen LogP contribution is -2.47. The van der Waals surface area contributed by atoms with E-state index in [0.29, 0.717) is 55.4 Å². The van der Waals surface area contributed by atoms with Gasteiger partial charge in [0.1, 0.15) is 17.7 Å². The third kappa shape index (κ3) is 7.58. The van der Waals surface area contributed by atoms with E-state index in [1.807, 2.05) is 0 Å². The van der Waals surface area contributed by atoms with E-state index in [0.717, 1.165) is 10.6 Å². The quantitative estimate of drug-likeness (QED) is 0.575. The Hall–Kier alpha value is -3.48. The van der Waals surface area contributed by atoms with Crippen molar-refractivity contribution < 1.29 is 22.8 Å². The Morgan fingerprint density at radius 3 is 2.40 bits per heavy atom. The first kappa shape index (κ1) is 31.1. The Balaban J connectivity index is 1.94. The van der Waals surface area contributed by atoms with Crippen molar-refractivity contribution in [2.45, 2.75) is 65.6 Å². The van der Waals surface area contributed by atoms with Crippen LogP contribution in [0.15, 0.2) is 24.3 Å². The van der Waals surface area contributed by atoms with Crippen LogP contribution in [0.25, 0.3) is 0 Å². The van der Waals surface area contributed by atoms with Crippen molar-refractivity contribution in [3.05, 3.63) is 41.5 Å². The maximum atomic E-state index is 13.6. The minimum absolute atomic E-state index is 0.180. The van der Waals surface area contributed by atoms with Gasteiger partial charge in [0.25, 0.3) is 5.91 Å². The predicted octanol–water partition coefficient (Wildman–Crippen LogP) is 1.97. The van der Waals surface area contributed by atoms with Crippen LogP contribution < -0.4 is 9.62 Å². The number of likely N-dealkylation sites (N-methyl/N-ethyl adjacent to an activating group) is 1. The molecule has 1 N–H and O–H groups in total. The number of rotatable bonds is 5. The predicted molar refractivity (Wildman–Crippen MR) is 152 cm³/mol. The van der Waals surface area contributed by atoms with Crippen LogP contribution in [0.1, 0.15) is 68.1 Å². The number of hydrogen-bond donors (Lipinski definition) is 1. The number of carbonyl (C=O) groups excluding carboxylic acids is 3. The van der Waals surface area contributed by atoms with Gasteiger partial charge in [-0.25, -0.2) is 18.1 Å². The zero-order valence-electron chi connectivity index (χ0n) is 24.4. The number of nitrogens with zero attached hydrogens (tertiary/aromatic N) is 6. The molecule has 2 heterocycles. The molecule has 1 aliphatic heterocycles. The van der Waals surface area contributed by atoms with E-state index in [1.54, 1.807) is 54.7 Å². The molecule has 0 spiro atoms. The van der Waals surface area contributed by atoms with Gasteiger partial charge >= 0.3 is 0 Å². The van der Waals surface area contributed by atoms with Gasteiger partial charge in [0.2, 0.25) is 21.8 Å². The molecule has 0 saturated heterocycles. The second-order valence-electron chi connectivity index (χ2n) is 10.8. The van der Waals surface area contributed by atoms with Crippen molar-refractivity contribution in [2.75, 3.05) is 37.7 Å². The molecule has 13 heteroatoms. The first-order valence-corrected chi connectivity index (χ1v) is 15.3. The second kappa shape index (κ2) is 12.8. The molecule has 0 bridgehead atoms. The number of anilines is 1. The molecule has 3 rings (SSSR count). The second-order valence-corrected chi connectivity index (χ2v) is 12.8. The van der Waals surface area contributed by atoms with E-state index >= 15 is 0 Å². The summed E-state index contributed by atoms with van der Waals surface area (Å²) in [7, 11) is -0.369. The smallest absolute Gasteiger partial charge is 0.253 e. The molecule has 3 amide bonds. The summed E-state index contributed by atoms with van der Waals surface area (Å²) in [6.45, 7) is 8.58. The third-order valence-electron chi connectivity index (χ3n) is 7.16. The van der Waals surface area contributed by atoms with Crippen LogP contribution in [0.3, 0.4) is 0 Å². The zero-order chi connectivity index (χ0) is 29.8. The Kier molecular flexibility index (Phi) is 9.93. The van der Waals surface area contributed by atoms with Crippen molar-refractivity contribution in [2.24, 2.45) is 5.92 Å². The lowest BCUT2D eigenvalue weighted by Gasteiger charge is -2.29. The van der Waals surface area contributed by atoms with Gasteiger partial charge in [-0.05, 0) is 56.9 Å². The molecule has 40 heavy (non-hydrogen) atoms. The number of benzene rings is 1. The highest BCUT2D eigenvalue weighted by atomic mass is 32.2. The molecule has 12 nitrogen and oxygen atoms in total. The Morgan fingerprint density at radius 2 is 1.80 bits per heavy atom. The first-order chi connectivity index (χ1) is 18.7. The highest BCUT2D eigenvalue weighted by Gasteiger charge is 2.29. The highest BCUT2D eigenvalue weighted by Crippen LogP contribution is 2.22. The fourth-order valence-corrected chi connectivity index (χ4v) is 5.10. The molecule has 0 saturated carbocycles. The van der Waals surface area contributed by atoms with E-state index in [1.165, 1.54) is 11.9 Å². The summed E-state index contributed by atoms with van der Waals surface area (Å²) in [5, 5.41) is 7.63. The first-order valence-electron chi connectivity index (χ1n) is 13.5. The van der Waals surface area contributed by atoms with E-state index in [2.05, 4.69) is 29.2 Å². The summed E-state index contributed by atoms with van der Waals surface area (Å²) < 4.78 is 26.7. The van der Waals surface area contributed by atoms with Crippen molar-refractivity contribution in [3.8, 4) is 0 Å². The number of amides is 3. The SMILES string of the molecule is Cc1nc2n(n1)CCN(C(=O)c1ccc(N(C)S(C)(=O)=O)cc1)CCCC(=O)N(C)[C@@H](C)C(=O)N[C@@H]2CC(C)C. The molecular formula is C27H41N7O5S. The van der Waals surface area contributed by atoms with Gasteiger partial charge < -0.3 is 15.1 Å². The molecule has 2 aromatic rings. The number of hydrogen-bond acceptors (Lipinski definition) is 7. The molecule has 1 aliphatic rings. The molecule has 1 aromatic heterocycles. The largest absolute Gasteiger partial charge is 0.344 e. The summed E-state index contributed by atoms with van der Waals surface area (Å²) >= 11 is 0. The van der Waals surface area contributed by atoms with E-state index < -0.39 is 22.1 Å². The molecule has 0 unspecified atom stereocenters.